The van der Waals surface area contributed by atoms with Crippen molar-refractivity contribution in [2.45, 2.75) is 26.8 Å². The fourth-order valence-corrected chi connectivity index (χ4v) is 4.08. The first-order chi connectivity index (χ1) is 13.0. The highest BCUT2D eigenvalue weighted by Gasteiger charge is 2.26. The first-order valence-electron chi connectivity index (χ1n) is 9.72. The van der Waals surface area contributed by atoms with Gasteiger partial charge in [0.15, 0.2) is 0 Å². The number of benzene rings is 2. The third kappa shape index (κ3) is 3.62. The van der Waals surface area contributed by atoms with Crippen LogP contribution in [0.3, 0.4) is 0 Å². The number of nitrogens with zero attached hydrogens (tertiary/aromatic N) is 3. The number of nitrogens with one attached hydrogen (secondary N) is 1. The van der Waals surface area contributed by atoms with E-state index >= 15 is 0 Å². The molecule has 0 spiro atoms. The fourth-order valence-electron chi connectivity index (χ4n) is 4.08. The summed E-state index contributed by atoms with van der Waals surface area (Å²) in [6, 6.07) is 11.4. The van der Waals surface area contributed by atoms with Gasteiger partial charge in [0.25, 0.3) is 0 Å². The van der Waals surface area contributed by atoms with Crippen molar-refractivity contribution in [1.82, 2.24) is 20.0 Å². The molecule has 2 heterocycles. The lowest BCUT2D eigenvalue weighted by atomic mass is 9.96. The van der Waals surface area contributed by atoms with Crippen LogP contribution in [0.1, 0.15) is 31.0 Å². The van der Waals surface area contributed by atoms with Crippen LogP contribution in [-0.4, -0.2) is 40.9 Å². The summed E-state index contributed by atoms with van der Waals surface area (Å²) in [6.45, 7) is 11.0. The molecule has 0 aliphatic carbocycles. The molecule has 142 valence electrons. The average molecular weight is 366 g/mol. The van der Waals surface area contributed by atoms with E-state index < -0.39 is 0 Å². The Bertz CT molecular complexity index is 929. The second kappa shape index (κ2) is 7.41. The van der Waals surface area contributed by atoms with E-state index in [9.17, 15) is 4.39 Å². The Hall–Kier alpha value is -2.24. The largest absolute Gasteiger partial charge is 0.314 e. The van der Waals surface area contributed by atoms with E-state index in [0.717, 1.165) is 42.8 Å². The van der Waals surface area contributed by atoms with Crippen molar-refractivity contribution in [3.8, 4) is 5.69 Å². The molecule has 5 heteroatoms. The molecule has 1 N–H and O–H groups in total. The lowest BCUT2D eigenvalue weighted by Gasteiger charge is -2.38. The Morgan fingerprint density at radius 2 is 2.00 bits per heavy atom. The van der Waals surface area contributed by atoms with Crippen LogP contribution in [0.5, 0.6) is 0 Å². The van der Waals surface area contributed by atoms with Crippen molar-refractivity contribution in [3.63, 3.8) is 0 Å². The lowest BCUT2D eigenvalue weighted by molar-refractivity contribution is 0.144. The highest BCUT2D eigenvalue weighted by molar-refractivity contribution is 5.82. The normalized spacial score (nSPS) is 18.5. The van der Waals surface area contributed by atoms with E-state index in [1.807, 2.05) is 10.9 Å². The van der Waals surface area contributed by atoms with Gasteiger partial charge in [-0.15, -0.1) is 0 Å². The Balaban J connectivity index is 1.73. The zero-order valence-corrected chi connectivity index (χ0v) is 16.2. The van der Waals surface area contributed by atoms with Crippen LogP contribution in [0.4, 0.5) is 4.39 Å². The number of halogens is 1. The molecule has 4 rings (SSSR count). The van der Waals surface area contributed by atoms with E-state index in [1.54, 1.807) is 12.1 Å². The number of fused-ring (bicyclic) bond motifs is 1. The second-order valence-corrected chi connectivity index (χ2v) is 7.91. The Morgan fingerprint density at radius 1 is 1.22 bits per heavy atom. The predicted molar refractivity (Wildman–Crippen MR) is 108 cm³/mol. The number of aromatic nitrogens is 2. The molecule has 1 saturated heterocycles. The van der Waals surface area contributed by atoms with Gasteiger partial charge in [-0.25, -0.2) is 9.07 Å². The van der Waals surface area contributed by atoms with Gasteiger partial charge >= 0.3 is 0 Å². The zero-order chi connectivity index (χ0) is 19.0. The minimum absolute atomic E-state index is 0.233. The molecule has 1 aliphatic rings. The molecule has 2 aromatic carbocycles. The smallest absolute Gasteiger partial charge is 0.123 e. The van der Waals surface area contributed by atoms with Crippen LogP contribution in [-0.2, 0) is 0 Å². The second-order valence-electron chi connectivity index (χ2n) is 7.91. The molecule has 27 heavy (non-hydrogen) atoms. The van der Waals surface area contributed by atoms with Crippen LogP contribution < -0.4 is 5.32 Å². The van der Waals surface area contributed by atoms with E-state index in [4.69, 9.17) is 0 Å². The first kappa shape index (κ1) is 18.1. The molecule has 4 nitrogen and oxygen atoms in total. The maximum atomic E-state index is 13.3. The third-order valence-electron chi connectivity index (χ3n) is 5.34. The van der Waals surface area contributed by atoms with Crippen LogP contribution in [0.25, 0.3) is 16.6 Å². The maximum absolute atomic E-state index is 13.3. The van der Waals surface area contributed by atoms with Gasteiger partial charge in [-0.3, -0.25) is 4.90 Å². The van der Waals surface area contributed by atoms with Crippen molar-refractivity contribution in [2.24, 2.45) is 5.92 Å². The van der Waals surface area contributed by atoms with Gasteiger partial charge in [0.05, 0.1) is 17.4 Å². The van der Waals surface area contributed by atoms with Crippen molar-refractivity contribution in [2.75, 3.05) is 26.2 Å². The summed E-state index contributed by atoms with van der Waals surface area (Å²) in [5.41, 5.74) is 4.57. The first-order valence-corrected chi connectivity index (χ1v) is 9.72. The van der Waals surface area contributed by atoms with Crippen molar-refractivity contribution in [1.29, 1.82) is 0 Å². The van der Waals surface area contributed by atoms with Crippen LogP contribution >= 0.6 is 0 Å². The van der Waals surface area contributed by atoms with E-state index in [-0.39, 0.29) is 5.82 Å². The Morgan fingerprint density at radius 3 is 2.74 bits per heavy atom. The summed E-state index contributed by atoms with van der Waals surface area (Å²) in [5.74, 6) is 0.416. The standard InChI is InChI=1S/C22H27FN4/c1-15(2)14-26-9-8-24-13-22(26)20-11-17-12-25-27(21(17)10-16(20)3)19-6-4-18(23)5-7-19/h4-7,10-12,15,22,24H,8-9,13-14H2,1-3H3/t22-/m0/s1. The van der Waals surface area contributed by atoms with E-state index in [1.165, 1.54) is 23.3 Å². The van der Waals surface area contributed by atoms with Crippen molar-refractivity contribution in [3.05, 3.63) is 59.5 Å². The molecule has 1 aliphatic heterocycles. The molecule has 0 unspecified atom stereocenters. The Kier molecular flexibility index (Phi) is 4.98. The highest BCUT2D eigenvalue weighted by atomic mass is 19.1. The van der Waals surface area contributed by atoms with Gasteiger partial charge in [-0.05, 0) is 60.4 Å². The monoisotopic (exact) mass is 366 g/mol. The fraction of sp³-hybridized carbons (Fsp3) is 0.409. The minimum atomic E-state index is -0.233. The zero-order valence-electron chi connectivity index (χ0n) is 16.2. The van der Waals surface area contributed by atoms with Crippen LogP contribution in [0.15, 0.2) is 42.6 Å². The van der Waals surface area contributed by atoms with Gasteiger partial charge < -0.3 is 5.32 Å². The summed E-state index contributed by atoms with van der Waals surface area (Å²) in [4.78, 5) is 2.60. The van der Waals surface area contributed by atoms with Crippen molar-refractivity contribution < 1.29 is 4.39 Å². The summed E-state index contributed by atoms with van der Waals surface area (Å²) in [5, 5.41) is 9.23. The number of hydrogen-bond acceptors (Lipinski definition) is 3. The predicted octanol–water partition coefficient (Wildman–Crippen LogP) is 4.08. The summed E-state index contributed by atoms with van der Waals surface area (Å²) < 4.78 is 15.1. The molecule has 1 atom stereocenters. The molecule has 3 aromatic rings. The topological polar surface area (TPSA) is 33.1 Å². The van der Waals surface area contributed by atoms with Gasteiger partial charge in [0, 0.05) is 37.6 Å². The number of aryl methyl sites for hydroxylation is 1. The maximum Gasteiger partial charge on any atom is 0.123 e. The third-order valence-corrected chi connectivity index (χ3v) is 5.34. The van der Waals surface area contributed by atoms with E-state index in [2.05, 4.69) is 48.2 Å². The van der Waals surface area contributed by atoms with Crippen LogP contribution in [0, 0.1) is 18.7 Å². The quantitative estimate of drug-likeness (QED) is 0.755. The molecule has 1 fully saturated rings. The molecule has 0 bridgehead atoms. The molecule has 1 aromatic heterocycles. The lowest BCUT2D eigenvalue weighted by Crippen LogP contribution is -2.47. The molecular weight excluding hydrogens is 339 g/mol. The summed E-state index contributed by atoms with van der Waals surface area (Å²) in [7, 11) is 0. The highest BCUT2D eigenvalue weighted by Crippen LogP contribution is 2.30. The van der Waals surface area contributed by atoms with Gasteiger partial charge in [0.2, 0.25) is 0 Å². The average Bonchev–Trinajstić information content (AvgIpc) is 3.04. The molecule has 0 amide bonds. The van der Waals surface area contributed by atoms with Gasteiger partial charge in [-0.2, -0.15) is 5.10 Å². The van der Waals surface area contributed by atoms with Crippen molar-refractivity contribution >= 4 is 10.9 Å². The SMILES string of the molecule is Cc1cc2c(cnn2-c2ccc(F)cc2)cc1[C@@H]1CNCCN1CC(C)C. The van der Waals surface area contributed by atoms with Gasteiger partial charge in [-0.1, -0.05) is 13.8 Å². The van der Waals surface area contributed by atoms with Crippen LogP contribution in [0.2, 0.25) is 0 Å². The number of rotatable bonds is 4. The molecular formula is C22H27FN4. The summed E-state index contributed by atoms with van der Waals surface area (Å²) in [6.07, 6.45) is 1.91. The number of hydrogen-bond donors (Lipinski definition) is 1. The number of piperazine rings is 1. The minimum Gasteiger partial charge on any atom is -0.314 e. The van der Waals surface area contributed by atoms with E-state index in [0.29, 0.717) is 12.0 Å². The molecule has 0 saturated carbocycles. The van der Waals surface area contributed by atoms with Gasteiger partial charge in [0.1, 0.15) is 5.82 Å². The summed E-state index contributed by atoms with van der Waals surface area (Å²) >= 11 is 0. The Labute approximate surface area is 160 Å². The molecule has 0 radical (unpaired) electrons.